The predicted octanol–water partition coefficient (Wildman–Crippen LogP) is 8.51. The fourth-order valence-corrected chi connectivity index (χ4v) is 7.29. The van der Waals surface area contributed by atoms with E-state index < -0.39 is 17.0 Å². The van der Waals surface area contributed by atoms with Crippen molar-refractivity contribution in [2.45, 2.75) is 100 Å². The van der Waals surface area contributed by atoms with Crippen LogP contribution in [0.2, 0.25) is 0 Å². The molecule has 4 rings (SSSR count). The molecule has 2 amide bonds. The van der Waals surface area contributed by atoms with Crippen LogP contribution in [0, 0.1) is 27.7 Å². The molecule has 1 N–H and O–H groups in total. The van der Waals surface area contributed by atoms with Crippen molar-refractivity contribution in [3.8, 4) is 11.5 Å². The molecule has 328 valence electrons. The van der Waals surface area contributed by atoms with E-state index in [0.29, 0.717) is 46.6 Å². The van der Waals surface area contributed by atoms with Crippen LogP contribution in [0.25, 0.3) is 0 Å². The first-order valence-corrected chi connectivity index (χ1v) is 20.6. The maximum atomic E-state index is 13.6. The van der Waals surface area contributed by atoms with Crippen molar-refractivity contribution >= 4 is 29.4 Å². The van der Waals surface area contributed by atoms with Gasteiger partial charge in [-0.15, -0.1) is 0 Å². The monoisotopic (exact) mass is 836 g/mol. The van der Waals surface area contributed by atoms with Gasteiger partial charge in [0, 0.05) is 40.3 Å². The zero-order valence-corrected chi connectivity index (χ0v) is 38.3. The number of rotatable bonds is 17. The van der Waals surface area contributed by atoms with Gasteiger partial charge in [-0.3, -0.25) is 24.0 Å². The minimum atomic E-state index is -0.901. The lowest BCUT2D eigenvalue weighted by atomic mass is 9.96. The Balaban J connectivity index is 0.000000327. The summed E-state index contributed by atoms with van der Waals surface area (Å²) in [5, 5.41) is 9.91. The second-order valence-electron chi connectivity index (χ2n) is 16.6. The SMILES string of the molecule is CCc1c(OC)cccc1C(=O)CN(C(=O)c1cc(C)cc(C)c1)C(C)(C)CO.CCc1c(OC)cccc1C(=O)CN(C(=O)c1cc(C)cc(C)c1)C(C)(C)COC(C)=O. The molecule has 61 heavy (non-hydrogen) atoms. The van der Waals surface area contributed by atoms with Gasteiger partial charge in [-0.05, 0) is 105 Å². The average Bonchev–Trinajstić information content (AvgIpc) is 3.21. The Morgan fingerprint density at radius 1 is 0.590 bits per heavy atom. The highest BCUT2D eigenvalue weighted by atomic mass is 16.5. The summed E-state index contributed by atoms with van der Waals surface area (Å²) in [5.41, 5.74) is 5.76. The molecule has 11 heteroatoms. The van der Waals surface area contributed by atoms with Crippen molar-refractivity contribution in [2.24, 2.45) is 0 Å². The Hall–Kier alpha value is -5.81. The number of amides is 2. The average molecular weight is 837 g/mol. The normalized spacial score (nSPS) is 11.2. The summed E-state index contributed by atoms with van der Waals surface area (Å²) in [6.07, 6.45) is 1.26. The second kappa shape index (κ2) is 21.6. The Bertz CT molecular complexity index is 2180. The summed E-state index contributed by atoms with van der Waals surface area (Å²) in [4.78, 5) is 67.9. The Kier molecular flexibility index (Phi) is 17.6. The van der Waals surface area contributed by atoms with Gasteiger partial charge in [0.15, 0.2) is 11.6 Å². The van der Waals surface area contributed by atoms with Crippen LogP contribution in [-0.2, 0) is 22.4 Å². The number of aliphatic hydroxyl groups is 1. The van der Waals surface area contributed by atoms with Crippen molar-refractivity contribution in [1.82, 2.24) is 9.80 Å². The zero-order chi connectivity index (χ0) is 45.8. The Labute approximate surface area is 362 Å². The van der Waals surface area contributed by atoms with Crippen LogP contribution in [0.4, 0.5) is 0 Å². The van der Waals surface area contributed by atoms with Crippen LogP contribution >= 0.6 is 0 Å². The quantitative estimate of drug-likeness (QED) is 0.0819. The smallest absolute Gasteiger partial charge is 0.302 e. The number of carbonyl (C=O) groups is 5. The molecule has 0 atom stereocenters. The topological polar surface area (TPSA) is 140 Å². The van der Waals surface area contributed by atoms with E-state index in [9.17, 15) is 29.1 Å². The molecule has 0 unspecified atom stereocenters. The van der Waals surface area contributed by atoms with Crippen LogP contribution in [0.3, 0.4) is 0 Å². The summed E-state index contributed by atoms with van der Waals surface area (Å²) < 4.78 is 16.0. The molecule has 0 aliphatic heterocycles. The van der Waals surface area contributed by atoms with Crippen LogP contribution in [-0.4, -0.2) is 95.9 Å². The largest absolute Gasteiger partial charge is 0.496 e. The number of hydrogen-bond donors (Lipinski definition) is 1. The lowest BCUT2D eigenvalue weighted by Crippen LogP contribution is -2.53. The van der Waals surface area contributed by atoms with Gasteiger partial charge in [0.2, 0.25) is 0 Å². The highest BCUT2D eigenvalue weighted by Gasteiger charge is 2.36. The van der Waals surface area contributed by atoms with Crippen molar-refractivity contribution in [3.63, 3.8) is 0 Å². The fraction of sp³-hybridized carbons (Fsp3) is 0.420. The lowest BCUT2D eigenvalue weighted by Gasteiger charge is -2.38. The number of carbonyl (C=O) groups excluding carboxylic acids is 5. The van der Waals surface area contributed by atoms with Crippen LogP contribution in [0.15, 0.2) is 72.8 Å². The molecule has 0 radical (unpaired) electrons. The van der Waals surface area contributed by atoms with E-state index >= 15 is 0 Å². The standard InChI is InChI=1S/C26H33NO5.C24H31NO4/c1-8-21-22(10-9-11-24(21)31-7)23(29)15-27(26(5,6)16-32-19(4)28)25(30)20-13-17(2)12-18(3)14-20;1-7-19-20(9-8-10-22(19)29-6)21(27)14-25(24(4,5)15-26)23(28)18-12-16(2)11-17(3)13-18/h9-14H,8,15-16H2,1-7H3;8-13,26H,7,14-15H2,1-6H3. The molecule has 0 spiro atoms. The van der Waals surface area contributed by atoms with Gasteiger partial charge in [0.1, 0.15) is 18.1 Å². The maximum Gasteiger partial charge on any atom is 0.302 e. The number of methoxy groups -OCH3 is 2. The molecule has 0 fully saturated rings. The minimum Gasteiger partial charge on any atom is -0.496 e. The molecule has 0 saturated heterocycles. The summed E-state index contributed by atoms with van der Waals surface area (Å²) in [7, 11) is 3.15. The van der Waals surface area contributed by atoms with Gasteiger partial charge < -0.3 is 29.1 Å². The first-order valence-electron chi connectivity index (χ1n) is 20.6. The van der Waals surface area contributed by atoms with Gasteiger partial charge >= 0.3 is 5.97 Å². The second-order valence-corrected chi connectivity index (χ2v) is 16.6. The number of esters is 1. The van der Waals surface area contributed by atoms with E-state index in [-0.39, 0.29) is 49.7 Å². The number of aryl methyl sites for hydroxylation is 4. The van der Waals surface area contributed by atoms with E-state index in [2.05, 4.69) is 0 Å². The number of hydrogen-bond acceptors (Lipinski definition) is 9. The van der Waals surface area contributed by atoms with Crippen molar-refractivity contribution in [2.75, 3.05) is 40.5 Å². The predicted molar refractivity (Wildman–Crippen MR) is 239 cm³/mol. The lowest BCUT2D eigenvalue weighted by molar-refractivity contribution is -0.144. The summed E-state index contributed by atoms with van der Waals surface area (Å²) >= 11 is 0. The molecule has 4 aromatic carbocycles. The zero-order valence-electron chi connectivity index (χ0n) is 38.3. The molecule has 0 bridgehead atoms. The van der Waals surface area contributed by atoms with E-state index in [0.717, 1.165) is 33.4 Å². The molecule has 0 heterocycles. The van der Waals surface area contributed by atoms with Gasteiger partial charge in [-0.1, -0.05) is 72.5 Å². The summed E-state index contributed by atoms with van der Waals surface area (Å²) in [5.74, 6) is -0.0799. The first kappa shape index (κ1) is 49.6. The number of ether oxygens (including phenoxy) is 3. The summed E-state index contributed by atoms with van der Waals surface area (Å²) in [6, 6.07) is 21.9. The van der Waals surface area contributed by atoms with Crippen LogP contribution in [0.1, 0.15) is 123 Å². The van der Waals surface area contributed by atoms with Gasteiger partial charge in [-0.2, -0.15) is 0 Å². The fourth-order valence-electron chi connectivity index (χ4n) is 7.29. The third-order valence-corrected chi connectivity index (χ3v) is 10.5. The van der Waals surface area contributed by atoms with E-state index in [4.69, 9.17) is 14.2 Å². The van der Waals surface area contributed by atoms with Gasteiger partial charge in [0.05, 0.1) is 45.0 Å². The number of aliphatic hydroxyl groups excluding tert-OH is 1. The van der Waals surface area contributed by atoms with Crippen molar-refractivity contribution in [1.29, 1.82) is 0 Å². The maximum absolute atomic E-state index is 13.6. The highest BCUT2D eigenvalue weighted by Crippen LogP contribution is 2.28. The first-order chi connectivity index (χ1) is 28.6. The van der Waals surface area contributed by atoms with E-state index in [1.54, 1.807) is 78.3 Å². The number of ketones is 2. The summed E-state index contributed by atoms with van der Waals surface area (Å²) in [6.45, 7) is 19.5. The van der Waals surface area contributed by atoms with Crippen LogP contribution in [0.5, 0.6) is 11.5 Å². The van der Waals surface area contributed by atoms with Crippen molar-refractivity contribution in [3.05, 3.63) is 128 Å². The molecule has 0 aliphatic carbocycles. The van der Waals surface area contributed by atoms with Crippen molar-refractivity contribution < 1.29 is 43.3 Å². The van der Waals surface area contributed by atoms with Gasteiger partial charge in [-0.25, -0.2) is 0 Å². The molecule has 4 aromatic rings. The van der Waals surface area contributed by atoms with Gasteiger partial charge in [0.25, 0.3) is 11.8 Å². The minimum absolute atomic E-state index is 0.0229. The molecule has 0 aliphatic rings. The molecular weight excluding hydrogens is 773 g/mol. The number of benzene rings is 4. The third kappa shape index (κ3) is 12.8. The van der Waals surface area contributed by atoms with E-state index in [1.807, 2.05) is 77.9 Å². The molecular formula is C50H64N2O9. The third-order valence-electron chi connectivity index (χ3n) is 10.5. The van der Waals surface area contributed by atoms with E-state index in [1.165, 1.54) is 16.7 Å². The molecule has 0 saturated carbocycles. The number of Topliss-reactive ketones (excluding diaryl/α,β-unsaturated/α-hetero) is 2. The molecule has 11 nitrogen and oxygen atoms in total. The Morgan fingerprint density at radius 3 is 1.26 bits per heavy atom. The number of nitrogens with zero attached hydrogens (tertiary/aromatic N) is 2. The Morgan fingerprint density at radius 2 is 0.951 bits per heavy atom. The molecule has 0 aromatic heterocycles. The van der Waals surface area contributed by atoms with Crippen LogP contribution < -0.4 is 9.47 Å². The highest BCUT2D eigenvalue weighted by molar-refractivity contribution is 6.04.